The molecule has 0 N–H and O–H groups in total. The standard InChI is InChI=1S/C12H13FN2O/c1-15-8-7-14-12(15)6-9-16-11-4-2-10(13)3-5-11/h2-5,7-8H,6,9H2,1H3. The molecule has 3 nitrogen and oxygen atoms in total. The third-order valence-electron chi connectivity index (χ3n) is 2.33. The van der Waals surface area contributed by atoms with Crippen molar-refractivity contribution in [3.8, 4) is 5.75 Å². The Morgan fingerprint density at radius 3 is 2.69 bits per heavy atom. The molecule has 0 aliphatic heterocycles. The molecular weight excluding hydrogens is 207 g/mol. The molecule has 84 valence electrons. The smallest absolute Gasteiger partial charge is 0.123 e. The Kier molecular flexibility index (Phi) is 3.19. The molecule has 1 aromatic heterocycles. The van der Waals surface area contributed by atoms with Crippen LogP contribution in [0.3, 0.4) is 0 Å². The fourth-order valence-electron chi connectivity index (χ4n) is 1.43. The summed E-state index contributed by atoms with van der Waals surface area (Å²) in [5, 5.41) is 0. The Labute approximate surface area is 93.5 Å². The van der Waals surface area contributed by atoms with E-state index in [0.717, 1.165) is 12.2 Å². The van der Waals surface area contributed by atoms with Crippen molar-refractivity contribution < 1.29 is 9.13 Å². The molecular formula is C12H13FN2O. The van der Waals surface area contributed by atoms with Crippen LogP contribution in [0.4, 0.5) is 4.39 Å². The molecule has 0 saturated carbocycles. The highest BCUT2D eigenvalue weighted by Crippen LogP contribution is 2.11. The molecule has 0 spiro atoms. The monoisotopic (exact) mass is 220 g/mol. The molecule has 0 atom stereocenters. The van der Waals surface area contributed by atoms with Gasteiger partial charge in [0.2, 0.25) is 0 Å². The number of aryl methyl sites for hydroxylation is 1. The zero-order valence-electron chi connectivity index (χ0n) is 9.06. The zero-order valence-corrected chi connectivity index (χ0v) is 9.06. The SMILES string of the molecule is Cn1ccnc1CCOc1ccc(F)cc1. The van der Waals surface area contributed by atoms with E-state index in [-0.39, 0.29) is 5.82 Å². The van der Waals surface area contributed by atoms with Crippen LogP contribution in [0, 0.1) is 5.82 Å². The van der Waals surface area contributed by atoms with Gasteiger partial charge in [-0.3, -0.25) is 0 Å². The minimum atomic E-state index is -0.253. The Bertz CT molecular complexity index is 450. The van der Waals surface area contributed by atoms with Crippen LogP contribution in [0.1, 0.15) is 5.82 Å². The highest BCUT2D eigenvalue weighted by atomic mass is 19.1. The first-order chi connectivity index (χ1) is 7.75. The largest absolute Gasteiger partial charge is 0.493 e. The molecule has 4 heteroatoms. The zero-order chi connectivity index (χ0) is 11.4. The van der Waals surface area contributed by atoms with Crippen molar-refractivity contribution in [2.75, 3.05) is 6.61 Å². The van der Waals surface area contributed by atoms with Gasteiger partial charge in [0.15, 0.2) is 0 Å². The lowest BCUT2D eigenvalue weighted by Gasteiger charge is -2.05. The Morgan fingerprint density at radius 1 is 1.31 bits per heavy atom. The summed E-state index contributed by atoms with van der Waals surface area (Å²) in [5.41, 5.74) is 0. The molecule has 0 fully saturated rings. The minimum Gasteiger partial charge on any atom is -0.493 e. The Hall–Kier alpha value is -1.84. The summed E-state index contributed by atoms with van der Waals surface area (Å²) in [6.07, 6.45) is 4.39. The van der Waals surface area contributed by atoms with Gasteiger partial charge in [-0.15, -0.1) is 0 Å². The molecule has 16 heavy (non-hydrogen) atoms. The van der Waals surface area contributed by atoms with E-state index < -0.39 is 0 Å². The van der Waals surface area contributed by atoms with Gasteiger partial charge in [0.1, 0.15) is 17.4 Å². The number of halogens is 1. The summed E-state index contributed by atoms with van der Waals surface area (Å²) in [4.78, 5) is 4.18. The molecule has 1 heterocycles. The number of aromatic nitrogens is 2. The van der Waals surface area contributed by atoms with E-state index in [4.69, 9.17) is 4.74 Å². The fourth-order valence-corrected chi connectivity index (χ4v) is 1.43. The van der Waals surface area contributed by atoms with E-state index in [1.807, 2.05) is 17.8 Å². The lowest BCUT2D eigenvalue weighted by molar-refractivity contribution is 0.317. The molecule has 2 aromatic rings. The van der Waals surface area contributed by atoms with Crippen LogP contribution in [0.2, 0.25) is 0 Å². The topological polar surface area (TPSA) is 27.1 Å². The number of nitrogens with zero attached hydrogens (tertiary/aromatic N) is 2. The highest BCUT2D eigenvalue weighted by Gasteiger charge is 1.99. The van der Waals surface area contributed by atoms with Gasteiger partial charge in [-0.1, -0.05) is 0 Å². The first kappa shape index (κ1) is 10.7. The lowest BCUT2D eigenvalue weighted by Crippen LogP contribution is -2.06. The fraction of sp³-hybridized carbons (Fsp3) is 0.250. The van der Waals surface area contributed by atoms with Crippen molar-refractivity contribution >= 4 is 0 Å². The van der Waals surface area contributed by atoms with Crippen molar-refractivity contribution in [1.29, 1.82) is 0 Å². The minimum absolute atomic E-state index is 0.253. The van der Waals surface area contributed by atoms with Crippen LogP contribution in [0.5, 0.6) is 5.75 Å². The van der Waals surface area contributed by atoms with Crippen LogP contribution in [0.15, 0.2) is 36.7 Å². The average molecular weight is 220 g/mol. The maximum atomic E-state index is 12.6. The van der Waals surface area contributed by atoms with Gasteiger partial charge >= 0.3 is 0 Å². The molecule has 0 amide bonds. The summed E-state index contributed by atoms with van der Waals surface area (Å²) >= 11 is 0. The van der Waals surface area contributed by atoms with E-state index in [1.54, 1.807) is 18.3 Å². The predicted octanol–water partition coefficient (Wildman–Crippen LogP) is 2.18. The van der Waals surface area contributed by atoms with Crippen molar-refractivity contribution in [2.24, 2.45) is 7.05 Å². The van der Waals surface area contributed by atoms with Crippen molar-refractivity contribution in [2.45, 2.75) is 6.42 Å². The molecule has 0 saturated heterocycles. The molecule has 0 radical (unpaired) electrons. The van der Waals surface area contributed by atoms with E-state index in [2.05, 4.69) is 4.98 Å². The van der Waals surface area contributed by atoms with Gasteiger partial charge in [-0.2, -0.15) is 0 Å². The molecule has 0 aliphatic rings. The number of hydrogen-bond acceptors (Lipinski definition) is 2. The third-order valence-corrected chi connectivity index (χ3v) is 2.33. The van der Waals surface area contributed by atoms with Crippen molar-refractivity contribution in [1.82, 2.24) is 9.55 Å². The maximum Gasteiger partial charge on any atom is 0.123 e. The summed E-state index contributed by atoms with van der Waals surface area (Å²) in [5.74, 6) is 1.40. The van der Waals surface area contributed by atoms with Crippen molar-refractivity contribution in [3.63, 3.8) is 0 Å². The van der Waals surface area contributed by atoms with E-state index in [0.29, 0.717) is 12.4 Å². The quantitative estimate of drug-likeness (QED) is 0.789. The number of rotatable bonds is 4. The second-order valence-corrected chi connectivity index (χ2v) is 3.51. The summed E-state index contributed by atoms with van der Waals surface area (Å²) < 4.78 is 20.0. The van der Waals surface area contributed by atoms with Gasteiger partial charge in [0.05, 0.1) is 6.61 Å². The molecule has 0 aliphatic carbocycles. The maximum absolute atomic E-state index is 12.6. The highest BCUT2D eigenvalue weighted by molar-refractivity contribution is 5.22. The van der Waals surface area contributed by atoms with Gasteiger partial charge in [0.25, 0.3) is 0 Å². The normalized spacial score (nSPS) is 10.4. The second kappa shape index (κ2) is 4.79. The Morgan fingerprint density at radius 2 is 2.06 bits per heavy atom. The summed E-state index contributed by atoms with van der Waals surface area (Å²) in [6, 6.07) is 6.01. The number of imidazole rings is 1. The molecule has 0 bridgehead atoms. The third kappa shape index (κ3) is 2.59. The van der Waals surface area contributed by atoms with Crippen LogP contribution in [-0.4, -0.2) is 16.2 Å². The van der Waals surface area contributed by atoms with Gasteiger partial charge in [-0.05, 0) is 24.3 Å². The van der Waals surface area contributed by atoms with Crippen LogP contribution >= 0.6 is 0 Å². The van der Waals surface area contributed by atoms with E-state index >= 15 is 0 Å². The van der Waals surface area contributed by atoms with Gasteiger partial charge in [0, 0.05) is 25.9 Å². The second-order valence-electron chi connectivity index (χ2n) is 3.51. The molecule has 1 aromatic carbocycles. The summed E-state index contributed by atoms with van der Waals surface area (Å²) in [6.45, 7) is 0.538. The van der Waals surface area contributed by atoms with E-state index in [9.17, 15) is 4.39 Å². The first-order valence-electron chi connectivity index (χ1n) is 5.10. The van der Waals surface area contributed by atoms with Crippen LogP contribution in [0.25, 0.3) is 0 Å². The number of hydrogen-bond donors (Lipinski definition) is 0. The molecule has 0 unspecified atom stereocenters. The van der Waals surface area contributed by atoms with Crippen LogP contribution in [-0.2, 0) is 13.5 Å². The lowest BCUT2D eigenvalue weighted by atomic mass is 10.3. The van der Waals surface area contributed by atoms with E-state index in [1.165, 1.54) is 12.1 Å². The summed E-state index contributed by atoms with van der Waals surface area (Å²) in [7, 11) is 1.94. The predicted molar refractivity (Wildman–Crippen MR) is 58.8 cm³/mol. The average Bonchev–Trinajstić information content (AvgIpc) is 2.68. The number of ether oxygens (including phenoxy) is 1. The van der Waals surface area contributed by atoms with Crippen LogP contribution < -0.4 is 4.74 Å². The van der Waals surface area contributed by atoms with Gasteiger partial charge in [-0.25, -0.2) is 9.37 Å². The molecule has 2 rings (SSSR count). The number of benzene rings is 1. The van der Waals surface area contributed by atoms with Crippen molar-refractivity contribution in [3.05, 3.63) is 48.3 Å². The first-order valence-corrected chi connectivity index (χ1v) is 5.10. The van der Waals surface area contributed by atoms with Gasteiger partial charge < -0.3 is 9.30 Å². The Balaban J connectivity index is 1.84.